The van der Waals surface area contributed by atoms with Crippen LogP contribution in [0.25, 0.3) is 0 Å². The number of hydrogen-bond donors (Lipinski definition) is 5. The van der Waals surface area contributed by atoms with Crippen LogP contribution in [-0.4, -0.2) is 120 Å². The van der Waals surface area contributed by atoms with E-state index in [1.807, 2.05) is 19.1 Å². The summed E-state index contributed by atoms with van der Waals surface area (Å²) >= 11 is 0. The number of carbonyl (C=O) groups excluding carboxylic acids is 5. The number of likely N-dealkylation sites (N-methyl/N-ethyl adjacent to an activating group) is 1. The Balaban J connectivity index is 1.02. The first-order valence-electron chi connectivity index (χ1n) is 22.9. The third kappa shape index (κ3) is 15.6. The minimum absolute atomic E-state index is 0.155. The van der Waals surface area contributed by atoms with Gasteiger partial charge in [-0.3, -0.25) is 28.9 Å². The summed E-state index contributed by atoms with van der Waals surface area (Å²) < 4.78 is 40.6. The van der Waals surface area contributed by atoms with Crippen molar-refractivity contribution in [3.05, 3.63) is 41.5 Å². The average Bonchev–Trinajstić information content (AvgIpc) is 3.75. The van der Waals surface area contributed by atoms with Crippen molar-refractivity contribution in [1.29, 1.82) is 0 Å². The Hall–Kier alpha value is -4.55. The van der Waals surface area contributed by atoms with Crippen LogP contribution in [0.2, 0.25) is 0 Å². The summed E-state index contributed by atoms with van der Waals surface area (Å²) in [4.78, 5) is 63.9. The quantitative estimate of drug-likeness (QED) is 0.0860. The predicted molar refractivity (Wildman–Crippen MR) is 233 cm³/mol. The number of nitrogens with zero attached hydrogens (tertiary/aromatic N) is 4. The van der Waals surface area contributed by atoms with Gasteiger partial charge < -0.3 is 40.6 Å². The molecule has 0 radical (unpaired) electrons. The van der Waals surface area contributed by atoms with E-state index in [0.29, 0.717) is 43.3 Å². The standard InChI is InChI=1S/C45H69F2N9O7/c1-30(2)43-54-53-31(3)56(43)37-24-35-14-15-36(25-37)55(35)23-18-38(52-44(61)33-16-19-45(46,47)20-17-33)32-10-12-34(13-11-32)51-42(60)29-63-28-41(59)50-22-9-7-5-6-8-21-49-40(58)27-62-26-39(57)48-4/h10-13,30,33,35-38H,5-9,14-29H2,1-4H3,(H,48,57)(H,49,58)(H,50,59)(H,51,60)(H,52,61)/t35-,36+,37?,38-/m0/s1. The van der Waals surface area contributed by atoms with E-state index in [1.54, 1.807) is 12.1 Å². The fraction of sp³-hybridized carbons (Fsp3) is 0.711. The van der Waals surface area contributed by atoms with Gasteiger partial charge in [0.2, 0.25) is 35.5 Å². The molecule has 2 bridgehead atoms. The van der Waals surface area contributed by atoms with Crippen molar-refractivity contribution in [2.45, 2.75) is 147 Å². The zero-order chi connectivity index (χ0) is 45.4. The molecule has 350 valence electrons. The van der Waals surface area contributed by atoms with Crippen LogP contribution in [0.1, 0.15) is 139 Å². The fourth-order valence-electron chi connectivity index (χ4n) is 9.12. The lowest BCUT2D eigenvalue weighted by molar-refractivity contribution is -0.131. The number of ether oxygens (including phenoxy) is 2. The zero-order valence-corrected chi connectivity index (χ0v) is 37.5. The second-order valence-corrected chi connectivity index (χ2v) is 17.7. The van der Waals surface area contributed by atoms with E-state index in [9.17, 15) is 32.8 Å². The number of alkyl halides is 2. The van der Waals surface area contributed by atoms with Crippen molar-refractivity contribution in [2.75, 3.05) is 58.4 Å². The molecule has 5 N–H and O–H groups in total. The third-order valence-corrected chi connectivity index (χ3v) is 12.5. The van der Waals surface area contributed by atoms with Crippen molar-refractivity contribution >= 4 is 35.2 Å². The number of aryl methyl sites for hydroxylation is 1. The molecule has 3 aliphatic rings. The molecule has 2 aromatic rings. The molecule has 2 aliphatic heterocycles. The molecular formula is C45H69F2N9O7. The van der Waals surface area contributed by atoms with E-state index in [-0.39, 0.29) is 87.7 Å². The fourth-order valence-corrected chi connectivity index (χ4v) is 9.12. The van der Waals surface area contributed by atoms with Crippen LogP contribution in [0.5, 0.6) is 0 Å². The molecule has 1 aliphatic carbocycles. The molecule has 5 amide bonds. The summed E-state index contributed by atoms with van der Waals surface area (Å²) in [6, 6.07) is 8.11. The number of amides is 5. The number of piperidine rings is 1. The highest BCUT2D eigenvalue weighted by molar-refractivity contribution is 5.92. The number of hydrogen-bond acceptors (Lipinski definition) is 10. The van der Waals surface area contributed by atoms with Gasteiger partial charge in [-0.25, -0.2) is 8.78 Å². The van der Waals surface area contributed by atoms with Gasteiger partial charge in [0.15, 0.2) is 0 Å². The lowest BCUT2D eigenvalue weighted by atomic mass is 9.86. The molecule has 1 unspecified atom stereocenters. The van der Waals surface area contributed by atoms with Gasteiger partial charge in [0.1, 0.15) is 38.1 Å². The summed E-state index contributed by atoms with van der Waals surface area (Å²) in [5, 5.41) is 22.9. The number of nitrogens with one attached hydrogen (secondary N) is 5. The Morgan fingerprint density at radius 3 is 1.89 bits per heavy atom. The van der Waals surface area contributed by atoms with Crippen molar-refractivity contribution in [3.63, 3.8) is 0 Å². The largest absolute Gasteiger partial charge is 0.362 e. The number of unbranched alkanes of at least 4 members (excludes halogenated alkanes) is 4. The van der Waals surface area contributed by atoms with Gasteiger partial charge in [-0.05, 0) is 82.4 Å². The molecule has 1 aromatic carbocycles. The summed E-state index contributed by atoms with van der Waals surface area (Å²) in [7, 11) is 1.50. The minimum atomic E-state index is -2.72. The number of aromatic nitrogens is 3. The predicted octanol–water partition coefficient (Wildman–Crippen LogP) is 4.85. The van der Waals surface area contributed by atoms with Gasteiger partial charge in [0, 0.05) is 75.2 Å². The first-order chi connectivity index (χ1) is 30.2. The number of anilines is 1. The van der Waals surface area contributed by atoms with Crippen LogP contribution >= 0.6 is 0 Å². The SMILES string of the molecule is CNC(=O)COCC(=O)NCCCCCCCNC(=O)COCC(=O)Nc1ccc([C@H](CCN2[C@@H]3CC[C@H]2CC(n2c(C)nnc2C(C)C)C3)NC(=O)C2CCC(F)(F)CC2)cc1. The normalized spacial score (nSPS) is 20.3. The summed E-state index contributed by atoms with van der Waals surface area (Å²) in [6.07, 6.45) is 9.04. The highest BCUT2D eigenvalue weighted by Gasteiger charge is 2.43. The lowest BCUT2D eigenvalue weighted by Crippen LogP contribution is -2.45. The Labute approximate surface area is 370 Å². The first-order valence-corrected chi connectivity index (χ1v) is 22.9. The maximum atomic E-state index is 13.9. The number of halogens is 2. The Bertz CT molecular complexity index is 1790. The van der Waals surface area contributed by atoms with Gasteiger partial charge in [-0.2, -0.15) is 0 Å². The Morgan fingerprint density at radius 2 is 1.32 bits per heavy atom. The van der Waals surface area contributed by atoms with Crippen LogP contribution in [0.4, 0.5) is 14.5 Å². The van der Waals surface area contributed by atoms with Crippen LogP contribution in [0, 0.1) is 12.8 Å². The lowest BCUT2D eigenvalue weighted by Gasteiger charge is -2.40. The van der Waals surface area contributed by atoms with E-state index in [0.717, 1.165) is 81.5 Å². The molecule has 3 heterocycles. The third-order valence-electron chi connectivity index (χ3n) is 12.5. The van der Waals surface area contributed by atoms with Crippen molar-refractivity contribution in [2.24, 2.45) is 5.92 Å². The van der Waals surface area contributed by atoms with E-state index < -0.39 is 17.7 Å². The van der Waals surface area contributed by atoms with E-state index >= 15 is 0 Å². The summed E-state index contributed by atoms with van der Waals surface area (Å²) in [6.45, 7) is 7.25. The van der Waals surface area contributed by atoms with E-state index in [2.05, 4.69) is 60.1 Å². The Kier molecular flexibility index (Phi) is 19.2. The molecular weight excluding hydrogens is 817 g/mol. The maximum absolute atomic E-state index is 13.9. The van der Waals surface area contributed by atoms with Gasteiger partial charge in [0.25, 0.3) is 0 Å². The van der Waals surface area contributed by atoms with Crippen LogP contribution in [0.15, 0.2) is 24.3 Å². The molecule has 2 saturated heterocycles. The first kappa shape index (κ1) is 49.5. The maximum Gasteiger partial charge on any atom is 0.250 e. The van der Waals surface area contributed by atoms with Crippen molar-refractivity contribution in [3.8, 4) is 0 Å². The van der Waals surface area contributed by atoms with Gasteiger partial charge in [-0.15, -0.1) is 10.2 Å². The average molecular weight is 886 g/mol. The topological polar surface area (TPSA) is 198 Å². The highest BCUT2D eigenvalue weighted by atomic mass is 19.3. The molecule has 16 nitrogen and oxygen atoms in total. The van der Waals surface area contributed by atoms with Gasteiger partial charge in [-0.1, -0.05) is 45.2 Å². The van der Waals surface area contributed by atoms with Gasteiger partial charge >= 0.3 is 0 Å². The molecule has 5 rings (SSSR count). The minimum Gasteiger partial charge on any atom is -0.362 e. The van der Waals surface area contributed by atoms with E-state index in [1.165, 1.54) is 7.05 Å². The second kappa shape index (κ2) is 24.5. The van der Waals surface area contributed by atoms with E-state index in [4.69, 9.17) is 9.47 Å². The molecule has 1 aromatic heterocycles. The van der Waals surface area contributed by atoms with Gasteiger partial charge in [0.05, 0.1) is 6.04 Å². The highest BCUT2D eigenvalue weighted by Crippen LogP contribution is 2.43. The molecule has 4 atom stereocenters. The van der Waals surface area contributed by atoms with Crippen LogP contribution in [-0.2, 0) is 33.4 Å². The second-order valence-electron chi connectivity index (χ2n) is 17.7. The van der Waals surface area contributed by atoms with Crippen molar-refractivity contribution < 1.29 is 42.2 Å². The zero-order valence-electron chi connectivity index (χ0n) is 37.5. The molecule has 18 heteroatoms. The molecule has 0 spiro atoms. The smallest absolute Gasteiger partial charge is 0.250 e. The van der Waals surface area contributed by atoms with Crippen molar-refractivity contribution in [1.82, 2.24) is 40.9 Å². The number of rotatable bonds is 25. The molecule has 63 heavy (non-hydrogen) atoms. The molecule has 1 saturated carbocycles. The van der Waals surface area contributed by atoms with Crippen LogP contribution in [0.3, 0.4) is 0 Å². The van der Waals surface area contributed by atoms with Crippen LogP contribution < -0.4 is 26.6 Å². The summed E-state index contributed by atoms with van der Waals surface area (Å²) in [5.74, 6) is -2.39. The molecule has 3 fully saturated rings. The number of carbonyl (C=O) groups is 5. The summed E-state index contributed by atoms with van der Waals surface area (Å²) in [5.41, 5.74) is 1.40. The number of benzene rings is 1. The number of fused-ring (bicyclic) bond motifs is 2. The Morgan fingerprint density at radius 1 is 0.762 bits per heavy atom. The monoisotopic (exact) mass is 886 g/mol.